The molecule has 0 spiro atoms. The number of hydrogen-bond acceptors (Lipinski definition) is 4. The molecule has 5 heteroatoms. The maximum absolute atomic E-state index is 11.7. The predicted octanol–water partition coefficient (Wildman–Crippen LogP) is 1.05. The van der Waals surface area contributed by atoms with E-state index in [-0.39, 0.29) is 5.56 Å². The molecule has 2 heterocycles. The second kappa shape index (κ2) is 7.31. The van der Waals surface area contributed by atoms with E-state index in [1.165, 1.54) is 12.8 Å². The second-order valence-electron chi connectivity index (χ2n) is 4.96. The van der Waals surface area contributed by atoms with Crippen molar-refractivity contribution in [3.05, 3.63) is 28.7 Å². The van der Waals surface area contributed by atoms with E-state index in [1.54, 1.807) is 17.7 Å². The zero-order valence-corrected chi connectivity index (χ0v) is 11.5. The first kappa shape index (κ1) is 14.1. The van der Waals surface area contributed by atoms with Crippen molar-refractivity contribution >= 4 is 5.69 Å². The summed E-state index contributed by atoms with van der Waals surface area (Å²) in [5.41, 5.74) is 1.03. The molecule has 0 amide bonds. The van der Waals surface area contributed by atoms with Crippen molar-refractivity contribution in [2.24, 2.45) is 0 Å². The molecule has 1 aromatic heterocycles. The lowest BCUT2D eigenvalue weighted by atomic mass is 10.1. The molecule has 5 nitrogen and oxygen atoms in total. The average Bonchev–Trinajstić information content (AvgIpc) is 2.68. The lowest BCUT2D eigenvalue weighted by Gasteiger charge is -2.18. The van der Waals surface area contributed by atoms with Crippen LogP contribution in [0.2, 0.25) is 0 Å². The Hall–Kier alpha value is -1.33. The van der Waals surface area contributed by atoms with Crippen LogP contribution in [0.5, 0.6) is 0 Å². The van der Waals surface area contributed by atoms with Gasteiger partial charge in [0.05, 0.1) is 12.3 Å². The highest BCUT2D eigenvalue weighted by Crippen LogP contribution is 2.13. The summed E-state index contributed by atoms with van der Waals surface area (Å²) in [6.45, 7) is 3.31. The maximum Gasteiger partial charge on any atom is 0.250 e. The average molecular weight is 265 g/mol. The zero-order chi connectivity index (χ0) is 13.5. The third-order valence-electron chi connectivity index (χ3n) is 3.47. The third kappa shape index (κ3) is 4.36. The molecule has 19 heavy (non-hydrogen) atoms. The molecule has 1 saturated heterocycles. The molecular formula is C14H23N3O2. The van der Waals surface area contributed by atoms with Crippen molar-refractivity contribution in [2.75, 3.05) is 32.1 Å². The van der Waals surface area contributed by atoms with Gasteiger partial charge in [-0.1, -0.05) is 0 Å². The predicted molar refractivity (Wildman–Crippen MR) is 76.7 cm³/mol. The number of pyridine rings is 1. The highest BCUT2D eigenvalue weighted by Gasteiger charge is 2.11. The topological polar surface area (TPSA) is 55.3 Å². The SMILES string of the molecule is COCCn1cc(NC2CCCNCC2)ccc1=O. The fraction of sp³-hybridized carbons (Fsp3) is 0.643. The molecule has 0 aromatic carbocycles. The Bertz CT molecular complexity index is 437. The van der Waals surface area contributed by atoms with Gasteiger partial charge in [-0.25, -0.2) is 0 Å². The minimum Gasteiger partial charge on any atom is -0.383 e. The summed E-state index contributed by atoms with van der Waals surface area (Å²) in [6, 6.07) is 3.97. The number of aromatic nitrogens is 1. The van der Waals surface area contributed by atoms with Gasteiger partial charge in [-0.3, -0.25) is 4.79 Å². The third-order valence-corrected chi connectivity index (χ3v) is 3.47. The lowest BCUT2D eigenvalue weighted by molar-refractivity contribution is 0.186. The second-order valence-corrected chi connectivity index (χ2v) is 4.96. The van der Waals surface area contributed by atoms with Crippen molar-refractivity contribution in [3.8, 4) is 0 Å². The normalized spacial score (nSPS) is 19.9. The number of methoxy groups -OCH3 is 1. The molecule has 1 aliphatic rings. The molecule has 2 N–H and O–H groups in total. The van der Waals surface area contributed by atoms with Gasteiger partial charge in [-0.2, -0.15) is 0 Å². The summed E-state index contributed by atoms with van der Waals surface area (Å²) in [5.74, 6) is 0. The fourth-order valence-corrected chi connectivity index (χ4v) is 2.38. The summed E-state index contributed by atoms with van der Waals surface area (Å²) in [7, 11) is 1.64. The first-order chi connectivity index (χ1) is 9.29. The highest BCUT2D eigenvalue weighted by atomic mass is 16.5. The zero-order valence-electron chi connectivity index (χ0n) is 11.5. The molecule has 0 saturated carbocycles. The number of hydrogen-bond donors (Lipinski definition) is 2. The Morgan fingerprint density at radius 1 is 1.42 bits per heavy atom. The molecule has 1 fully saturated rings. The molecule has 1 atom stereocenters. The van der Waals surface area contributed by atoms with E-state index in [9.17, 15) is 4.79 Å². The van der Waals surface area contributed by atoms with Crippen LogP contribution in [0.4, 0.5) is 5.69 Å². The fourth-order valence-electron chi connectivity index (χ4n) is 2.38. The van der Waals surface area contributed by atoms with Crippen LogP contribution >= 0.6 is 0 Å². The molecule has 1 aliphatic heterocycles. The van der Waals surface area contributed by atoms with Crippen molar-refractivity contribution < 1.29 is 4.74 Å². The standard InChI is InChI=1S/C14H23N3O2/c1-19-10-9-17-11-13(4-5-14(17)18)16-12-3-2-7-15-8-6-12/h4-5,11-12,15-16H,2-3,6-10H2,1H3. The summed E-state index contributed by atoms with van der Waals surface area (Å²) in [6.07, 6.45) is 5.38. The summed E-state index contributed by atoms with van der Waals surface area (Å²) >= 11 is 0. The maximum atomic E-state index is 11.7. The smallest absolute Gasteiger partial charge is 0.250 e. The van der Waals surface area contributed by atoms with Crippen molar-refractivity contribution in [1.82, 2.24) is 9.88 Å². The molecular weight excluding hydrogens is 242 g/mol. The summed E-state index contributed by atoms with van der Waals surface area (Å²) < 4.78 is 6.71. The first-order valence-corrected chi connectivity index (χ1v) is 6.96. The van der Waals surface area contributed by atoms with E-state index in [0.717, 1.165) is 25.2 Å². The lowest BCUT2D eigenvalue weighted by Crippen LogP contribution is -2.25. The van der Waals surface area contributed by atoms with Crippen molar-refractivity contribution in [2.45, 2.75) is 31.8 Å². The van der Waals surface area contributed by atoms with Gasteiger partial charge < -0.3 is 19.9 Å². The van der Waals surface area contributed by atoms with Gasteiger partial charge in [-0.15, -0.1) is 0 Å². The Morgan fingerprint density at radius 3 is 3.16 bits per heavy atom. The largest absolute Gasteiger partial charge is 0.383 e. The summed E-state index contributed by atoms with van der Waals surface area (Å²) in [4.78, 5) is 11.7. The molecule has 2 rings (SSSR count). The molecule has 0 aliphatic carbocycles. The van der Waals surface area contributed by atoms with Crippen LogP contribution in [0.1, 0.15) is 19.3 Å². The first-order valence-electron chi connectivity index (χ1n) is 6.96. The number of nitrogens with one attached hydrogen (secondary N) is 2. The molecule has 0 radical (unpaired) electrons. The number of nitrogens with zero attached hydrogens (tertiary/aromatic N) is 1. The van der Waals surface area contributed by atoms with Crippen LogP contribution in [0.3, 0.4) is 0 Å². The molecule has 106 valence electrons. The van der Waals surface area contributed by atoms with E-state index in [1.807, 2.05) is 12.3 Å². The van der Waals surface area contributed by atoms with Crippen LogP contribution in [0.25, 0.3) is 0 Å². The monoisotopic (exact) mass is 265 g/mol. The Balaban J connectivity index is 2.01. The van der Waals surface area contributed by atoms with Gasteiger partial charge in [0.2, 0.25) is 0 Å². The van der Waals surface area contributed by atoms with Gasteiger partial charge in [0, 0.05) is 32.0 Å². The Labute approximate surface area is 114 Å². The summed E-state index contributed by atoms with van der Waals surface area (Å²) in [5, 5.41) is 6.92. The van der Waals surface area contributed by atoms with E-state index in [4.69, 9.17) is 4.74 Å². The minimum absolute atomic E-state index is 0.0186. The number of rotatable bonds is 5. The van der Waals surface area contributed by atoms with Gasteiger partial charge in [0.15, 0.2) is 0 Å². The van der Waals surface area contributed by atoms with Gasteiger partial charge >= 0.3 is 0 Å². The van der Waals surface area contributed by atoms with Crippen LogP contribution in [0, 0.1) is 0 Å². The van der Waals surface area contributed by atoms with Gasteiger partial charge in [-0.05, 0) is 38.4 Å². The minimum atomic E-state index is 0.0186. The van der Waals surface area contributed by atoms with E-state index in [2.05, 4.69) is 10.6 Å². The quantitative estimate of drug-likeness (QED) is 0.835. The Kier molecular flexibility index (Phi) is 5.42. The van der Waals surface area contributed by atoms with Crippen LogP contribution in [-0.2, 0) is 11.3 Å². The Morgan fingerprint density at radius 2 is 2.32 bits per heavy atom. The van der Waals surface area contributed by atoms with E-state index >= 15 is 0 Å². The van der Waals surface area contributed by atoms with Crippen molar-refractivity contribution in [3.63, 3.8) is 0 Å². The highest BCUT2D eigenvalue weighted by molar-refractivity contribution is 5.41. The van der Waals surface area contributed by atoms with E-state index in [0.29, 0.717) is 19.2 Å². The molecule has 1 unspecified atom stereocenters. The number of anilines is 1. The van der Waals surface area contributed by atoms with E-state index < -0.39 is 0 Å². The van der Waals surface area contributed by atoms with Gasteiger partial charge in [0.1, 0.15) is 0 Å². The molecule has 1 aromatic rings. The van der Waals surface area contributed by atoms with Crippen LogP contribution in [0.15, 0.2) is 23.1 Å². The van der Waals surface area contributed by atoms with Crippen LogP contribution < -0.4 is 16.2 Å². The number of ether oxygens (including phenoxy) is 1. The molecule has 0 bridgehead atoms. The van der Waals surface area contributed by atoms with Crippen molar-refractivity contribution in [1.29, 1.82) is 0 Å². The van der Waals surface area contributed by atoms with Gasteiger partial charge in [0.25, 0.3) is 5.56 Å². The van der Waals surface area contributed by atoms with Crippen LogP contribution in [-0.4, -0.2) is 37.4 Å².